The maximum absolute atomic E-state index is 12.6. The number of anilines is 1. The Morgan fingerprint density at radius 3 is 2.34 bits per heavy atom. The van der Waals surface area contributed by atoms with Crippen LogP contribution in [-0.4, -0.2) is 25.0 Å². The van der Waals surface area contributed by atoms with Gasteiger partial charge >= 0.3 is 0 Å². The monoisotopic (exact) mass is 409 g/mol. The molecule has 3 rings (SSSR count). The predicted molar refractivity (Wildman–Crippen MR) is 119 cm³/mol. The lowest BCUT2D eigenvalue weighted by Crippen LogP contribution is -2.42. The fraction of sp³-hybridized carbons (Fsp3) is 0.417. The summed E-state index contributed by atoms with van der Waals surface area (Å²) in [6, 6.07) is 16.2. The molecule has 0 atom stereocenters. The minimum absolute atomic E-state index is 0.0102. The molecule has 1 fully saturated rings. The quantitative estimate of drug-likeness (QED) is 0.708. The Balaban J connectivity index is 1.54. The van der Waals surface area contributed by atoms with E-state index in [9.17, 15) is 4.79 Å². The van der Waals surface area contributed by atoms with Gasteiger partial charge in [-0.15, -0.1) is 0 Å². The molecule has 0 aliphatic heterocycles. The van der Waals surface area contributed by atoms with Crippen molar-refractivity contribution < 1.29 is 4.79 Å². The van der Waals surface area contributed by atoms with Gasteiger partial charge in [0.1, 0.15) is 6.07 Å². The highest BCUT2D eigenvalue weighted by molar-refractivity contribution is 6.32. The largest absolute Gasteiger partial charge is 0.372 e. The normalized spacial score (nSPS) is 18.9. The molecule has 2 aromatic rings. The van der Waals surface area contributed by atoms with Crippen molar-refractivity contribution in [3.8, 4) is 6.07 Å². The smallest absolute Gasteiger partial charge is 0.251 e. The van der Waals surface area contributed by atoms with Crippen molar-refractivity contribution in [2.24, 2.45) is 0 Å². The second-order valence-electron chi connectivity index (χ2n) is 8.14. The van der Waals surface area contributed by atoms with Crippen LogP contribution in [0.25, 0.3) is 0 Å². The van der Waals surface area contributed by atoms with Crippen LogP contribution in [-0.2, 0) is 0 Å². The standard InChI is InChI=1S/C24H28ClN3O/c1-16(2)17-4-6-18(7-5-17)24(29)27-20-9-12-21(13-10-20)28(3)22-11-8-19(15-26)23(25)14-22/h4-8,11,14,16,20-21H,9-10,12-13H2,1-3H3,(H,27,29)/t20-,21-. The molecule has 0 radical (unpaired) electrons. The molecule has 0 bridgehead atoms. The van der Waals surface area contributed by atoms with Crippen molar-refractivity contribution in [3.05, 3.63) is 64.2 Å². The highest BCUT2D eigenvalue weighted by Gasteiger charge is 2.25. The first kappa shape index (κ1) is 21.2. The van der Waals surface area contributed by atoms with Gasteiger partial charge in [-0.3, -0.25) is 4.79 Å². The summed E-state index contributed by atoms with van der Waals surface area (Å²) in [6.45, 7) is 4.30. The summed E-state index contributed by atoms with van der Waals surface area (Å²) in [7, 11) is 2.07. The van der Waals surface area contributed by atoms with E-state index in [-0.39, 0.29) is 11.9 Å². The molecule has 29 heavy (non-hydrogen) atoms. The summed E-state index contributed by atoms with van der Waals surface area (Å²) in [5.74, 6) is 0.473. The van der Waals surface area contributed by atoms with E-state index in [2.05, 4.69) is 37.2 Å². The highest BCUT2D eigenvalue weighted by Crippen LogP contribution is 2.29. The number of carbonyl (C=O) groups excluding carboxylic acids is 1. The molecule has 1 amide bonds. The second kappa shape index (κ2) is 9.33. The van der Waals surface area contributed by atoms with Gasteiger partial charge in [-0.05, 0) is 67.5 Å². The van der Waals surface area contributed by atoms with Crippen LogP contribution in [0.4, 0.5) is 5.69 Å². The molecule has 1 aliphatic rings. The van der Waals surface area contributed by atoms with Crippen molar-refractivity contribution in [2.75, 3.05) is 11.9 Å². The summed E-state index contributed by atoms with van der Waals surface area (Å²) < 4.78 is 0. The van der Waals surface area contributed by atoms with Crippen molar-refractivity contribution in [1.29, 1.82) is 5.26 Å². The summed E-state index contributed by atoms with van der Waals surface area (Å²) >= 11 is 6.18. The van der Waals surface area contributed by atoms with Gasteiger partial charge in [0.05, 0.1) is 10.6 Å². The lowest BCUT2D eigenvalue weighted by Gasteiger charge is -2.36. The highest BCUT2D eigenvalue weighted by atomic mass is 35.5. The molecule has 1 N–H and O–H groups in total. The number of hydrogen-bond acceptors (Lipinski definition) is 3. The molecule has 0 saturated heterocycles. The Hall–Kier alpha value is -2.51. The average molecular weight is 410 g/mol. The predicted octanol–water partition coefficient (Wildman–Crippen LogP) is 5.51. The molecular formula is C24H28ClN3O. The Kier molecular flexibility index (Phi) is 6.82. The molecule has 0 aromatic heterocycles. The molecule has 5 heteroatoms. The van der Waals surface area contributed by atoms with Crippen LogP contribution in [0.3, 0.4) is 0 Å². The van der Waals surface area contributed by atoms with E-state index in [1.54, 1.807) is 6.07 Å². The average Bonchev–Trinajstić information content (AvgIpc) is 2.73. The number of carbonyl (C=O) groups is 1. The van der Waals surface area contributed by atoms with Crippen LogP contribution in [0.1, 0.15) is 66.9 Å². The Bertz CT molecular complexity index is 893. The van der Waals surface area contributed by atoms with E-state index in [0.717, 1.165) is 36.9 Å². The number of nitrogens with zero attached hydrogens (tertiary/aromatic N) is 2. The SMILES string of the molecule is CC(C)c1ccc(C(=O)N[C@H]2CC[C@H](N(C)c3ccc(C#N)c(Cl)c3)CC2)cc1. The van der Waals surface area contributed by atoms with Gasteiger partial charge in [0.25, 0.3) is 5.91 Å². The third-order valence-corrected chi connectivity index (χ3v) is 6.21. The first-order valence-electron chi connectivity index (χ1n) is 10.2. The third-order valence-electron chi connectivity index (χ3n) is 5.90. The van der Waals surface area contributed by atoms with Crippen molar-refractivity contribution in [2.45, 2.75) is 57.5 Å². The molecule has 0 heterocycles. The van der Waals surface area contributed by atoms with Gasteiger partial charge in [-0.1, -0.05) is 37.6 Å². The Morgan fingerprint density at radius 2 is 1.79 bits per heavy atom. The van der Waals surface area contributed by atoms with E-state index >= 15 is 0 Å². The number of amides is 1. The summed E-state index contributed by atoms with van der Waals surface area (Å²) in [6.07, 6.45) is 3.92. The van der Waals surface area contributed by atoms with Crippen LogP contribution in [0.15, 0.2) is 42.5 Å². The van der Waals surface area contributed by atoms with Gasteiger partial charge in [-0.2, -0.15) is 5.26 Å². The topological polar surface area (TPSA) is 56.1 Å². The van der Waals surface area contributed by atoms with Crippen molar-refractivity contribution in [3.63, 3.8) is 0 Å². The van der Waals surface area contributed by atoms with E-state index in [4.69, 9.17) is 16.9 Å². The van der Waals surface area contributed by atoms with Gasteiger partial charge in [0.15, 0.2) is 0 Å². The maximum Gasteiger partial charge on any atom is 0.251 e. The van der Waals surface area contributed by atoms with Gasteiger partial charge < -0.3 is 10.2 Å². The number of rotatable bonds is 5. The van der Waals surface area contributed by atoms with Crippen LogP contribution in [0, 0.1) is 11.3 Å². The van der Waals surface area contributed by atoms with Crippen LogP contribution in [0.2, 0.25) is 5.02 Å². The molecule has 1 aliphatic carbocycles. The molecule has 0 unspecified atom stereocenters. The molecule has 2 aromatic carbocycles. The number of halogens is 1. The lowest BCUT2D eigenvalue weighted by molar-refractivity contribution is 0.0926. The fourth-order valence-electron chi connectivity index (χ4n) is 3.92. The van der Waals surface area contributed by atoms with Crippen LogP contribution < -0.4 is 10.2 Å². The first-order valence-corrected chi connectivity index (χ1v) is 10.6. The minimum atomic E-state index is 0.0102. The molecule has 0 spiro atoms. The number of nitriles is 1. The van der Waals surface area contributed by atoms with Gasteiger partial charge in [0.2, 0.25) is 0 Å². The zero-order valence-corrected chi connectivity index (χ0v) is 18.0. The van der Waals surface area contributed by atoms with Crippen LogP contribution in [0.5, 0.6) is 0 Å². The first-order chi connectivity index (χ1) is 13.9. The molecule has 1 saturated carbocycles. The number of hydrogen-bond donors (Lipinski definition) is 1. The fourth-order valence-corrected chi connectivity index (χ4v) is 4.14. The maximum atomic E-state index is 12.6. The minimum Gasteiger partial charge on any atom is -0.372 e. The summed E-state index contributed by atoms with van der Waals surface area (Å²) in [5.41, 5.74) is 3.48. The number of benzene rings is 2. The molecular weight excluding hydrogens is 382 g/mol. The van der Waals surface area contributed by atoms with E-state index < -0.39 is 0 Å². The molecule has 152 valence electrons. The van der Waals surface area contributed by atoms with E-state index in [1.165, 1.54) is 5.56 Å². The Morgan fingerprint density at radius 1 is 1.14 bits per heavy atom. The van der Waals surface area contributed by atoms with Gasteiger partial charge in [0, 0.05) is 30.4 Å². The zero-order valence-electron chi connectivity index (χ0n) is 17.3. The van der Waals surface area contributed by atoms with E-state index in [0.29, 0.717) is 22.5 Å². The second-order valence-corrected chi connectivity index (χ2v) is 8.55. The number of nitrogens with one attached hydrogen (secondary N) is 1. The summed E-state index contributed by atoms with van der Waals surface area (Å²) in [4.78, 5) is 14.8. The zero-order chi connectivity index (χ0) is 21.0. The third kappa shape index (κ3) is 5.10. The van der Waals surface area contributed by atoms with Crippen molar-refractivity contribution in [1.82, 2.24) is 5.32 Å². The molecule has 4 nitrogen and oxygen atoms in total. The van der Waals surface area contributed by atoms with Crippen molar-refractivity contribution >= 4 is 23.2 Å². The van der Waals surface area contributed by atoms with E-state index in [1.807, 2.05) is 36.4 Å². The summed E-state index contributed by atoms with van der Waals surface area (Å²) in [5, 5.41) is 12.7. The van der Waals surface area contributed by atoms with Gasteiger partial charge in [-0.25, -0.2) is 0 Å². The lowest BCUT2D eigenvalue weighted by atomic mass is 9.89. The Labute approximate surface area is 178 Å². The van der Waals surface area contributed by atoms with Crippen LogP contribution >= 0.6 is 11.6 Å².